The van der Waals surface area contributed by atoms with E-state index >= 15 is 0 Å². The highest BCUT2D eigenvalue weighted by molar-refractivity contribution is 8.01. The fraction of sp³-hybridized carbons (Fsp3) is 0.591. The molecule has 0 saturated carbocycles. The summed E-state index contributed by atoms with van der Waals surface area (Å²) < 4.78 is -0.648. The molecule has 2 aliphatic rings. The lowest BCUT2D eigenvalue weighted by atomic mass is 9.95. The van der Waals surface area contributed by atoms with Gasteiger partial charge < -0.3 is 31.1 Å². The van der Waals surface area contributed by atoms with Gasteiger partial charge in [-0.3, -0.25) is 9.59 Å². The number of benzene rings is 1. The second-order valence-corrected chi connectivity index (χ2v) is 10.0. The number of nitrogens with zero attached hydrogens (tertiary/aromatic N) is 2. The minimum absolute atomic E-state index is 0.0606. The Bertz CT molecular complexity index is 823. The predicted molar refractivity (Wildman–Crippen MR) is 124 cm³/mol. The van der Waals surface area contributed by atoms with Gasteiger partial charge >= 0.3 is 5.97 Å². The summed E-state index contributed by atoms with van der Waals surface area (Å²) in [6.07, 6.45) is 0. The molecule has 0 radical (unpaired) electrons. The van der Waals surface area contributed by atoms with Crippen LogP contribution in [0.3, 0.4) is 0 Å². The molecule has 1 aromatic carbocycles. The van der Waals surface area contributed by atoms with Crippen molar-refractivity contribution >= 4 is 29.5 Å². The number of thioether (sulfide) groups is 1. The van der Waals surface area contributed by atoms with Gasteiger partial charge in [0.2, 0.25) is 11.8 Å². The number of carbonyl (C=O) groups excluding carboxylic acids is 2. The van der Waals surface area contributed by atoms with E-state index < -0.39 is 46.0 Å². The van der Waals surface area contributed by atoms with Crippen LogP contribution in [0.5, 0.6) is 5.75 Å². The molecule has 1 aromatic rings. The number of carboxylic acids is 1. The number of fused-ring (bicyclic) bond motifs is 1. The zero-order valence-corrected chi connectivity index (χ0v) is 20.1. The molecule has 0 aromatic heterocycles. The van der Waals surface area contributed by atoms with E-state index in [1.807, 2.05) is 0 Å². The van der Waals surface area contributed by atoms with Gasteiger partial charge in [-0.25, -0.2) is 4.79 Å². The first kappa shape index (κ1) is 26.0. The number of aliphatic carboxylic acids is 1. The molecule has 0 aliphatic carbocycles. The monoisotopic (exact) mass is 466 g/mol. The van der Waals surface area contributed by atoms with E-state index in [1.165, 1.54) is 60.6 Å². The summed E-state index contributed by atoms with van der Waals surface area (Å²) in [5, 5.41) is 20.9. The van der Waals surface area contributed by atoms with Crippen LogP contribution in [0.1, 0.15) is 46.2 Å². The Labute approximate surface area is 193 Å². The van der Waals surface area contributed by atoms with Crippen molar-refractivity contribution in [2.24, 2.45) is 5.73 Å². The maximum absolute atomic E-state index is 12.3. The average Bonchev–Trinajstić information content (AvgIpc) is 3.01. The Kier molecular flexibility index (Phi) is 8.55. The van der Waals surface area contributed by atoms with Crippen LogP contribution < -0.4 is 11.1 Å². The molecule has 2 fully saturated rings. The van der Waals surface area contributed by atoms with E-state index in [9.17, 15) is 24.6 Å². The quantitative estimate of drug-likeness (QED) is 0.443. The van der Waals surface area contributed by atoms with Crippen molar-refractivity contribution in [2.45, 2.75) is 62.9 Å². The Morgan fingerprint density at radius 2 is 1.72 bits per heavy atom. The number of nitrogens with one attached hydrogen (secondary N) is 1. The molecule has 3 rings (SSSR count). The lowest BCUT2D eigenvalue weighted by Crippen LogP contribution is -2.71. The molecule has 2 saturated heterocycles. The Morgan fingerprint density at radius 3 is 2.16 bits per heavy atom. The minimum Gasteiger partial charge on any atom is -0.508 e. The highest BCUT2D eigenvalue weighted by atomic mass is 32.2. The van der Waals surface area contributed by atoms with Crippen LogP contribution in [0, 0.1) is 0 Å². The normalized spacial score (nSPS) is 24.2. The van der Waals surface area contributed by atoms with Gasteiger partial charge in [-0.15, -0.1) is 11.8 Å². The SMILES string of the molecule is CC1(C)S[C@@H]2[C@H](NC(=O)[C@H](N)c3ccc(O)cc3)C(=O)N2[C@H]1C(=O)O.CCN(CC)CC. The van der Waals surface area contributed by atoms with E-state index in [-0.39, 0.29) is 5.75 Å². The summed E-state index contributed by atoms with van der Waals surface area (Å²) in [7, 11) is 0. The number of β-lactam (4-membered cyclic amide) rings is 1. The topological polar surface area (TPSA) is 136 Å². The number of phenols is 1. The van der Waals surface area contributed by atoms with Gasteiger partial charge in [-0.2, -0.15) is 0 Å². The van der Waals surface area contributed by atoms with Crippen LogP contribution in [0.2, 0.25) is 0 Å². The molecule has 0 spiro atoms. The van der Waals surface area contributed by atoms with Gasteiger partial charge in [0.15, 0.2) is 0 Å². The Morgan fingerprint density at radius 1 is 1.19 bits per heavy atom. The second-order valence-electron chi connectivity index (χ2n) is 8.27. The van der Waals surface area contributed by atoms with E-state index in [0.29, 0.717) is 5.56 Å². The van der Waals surface area contributed by atoms with E-state index in [4.69, 9.17) is 5.73 Å². The van der Waals surface area contributed by atoms with E-state index in [0.717, 1.165) is 0 Å². The Hall–Kier alpha value is -2.30. The molecular weight excluding hydrogens is 432 g/mol. The van der Waals surface area contributed by atoms with E-state index in [2.05, 4.69) is 31.0 Å². The van der Waals surface area contributed by atoms with Crippen molar-refractivity contribution in [3.05, 3.63) is 29.8 Å². The maximum Gasteiger partial charge on any atom is 0.327 e. The fourth-order valence-corrected chi connectivity index (χ4v) is 5.52. The molecule has 10 heteroatoms. The van der Waals surface area contributed by atoms with Gasteiger partial charge in [-0.1, -0.05) is 32.9 Å². The summed E-state index contributed by atoms with van der Waals surface area (Å²) in [6, 6.07) is 3.21. The van der Waals surface area contributed by atoms with Crippen LogP contribution in [0.4, 0.5) is 0 Å². The summed E-state index contributed by atoms with van der Waals surface area (Å²) in [6.45, 7) is 13.7. The van der Waals surface area contributed by atoms with E-state index in [1.54, 1.807) is 13.8 Å². The van der Waals surface area contributed by atoms with Gasteiger partial charge in [0, 0.05) is 4.75 Å². The van der Waals surface area contributed by atoms with Crippen LogP contribution in [0.15, 0.2) is 24.3 Å². The van der Waals surface area contributed by atoms with Crippen molar-refractivity contribution in [2.75, 3.05) is 19.6 Å². The molecule has 2 amide bonds. The molecule has 2 heterocycles. The first-order valence-electron chi connectivity index (χ1n) is 10.8. The molecule has 0 bridgehead atoms. The second kappa shape index (κ2) is 10.5. The smallest absolute Gasteiger partial charge is 0.327 e. The van der Waals surface area contributed by atoms with Crippen molar-refractivity contribution in [1.29, 1.82) is 0 Å². The first-order valence-corrected chi connectivity index (χ1v) is 11.7. The molecule has 0 unspecified atom stereocenters. The number of rotatable bonds is 7. The van der Waals surface area contributed by atoms with Crippen LogP contribution in [-0.2, 0) is 14.4 Å². The zero-order valence-electron chi connectivity index (χ0n) is 19.2. The standard InChI is InChI=1S/C16H19N3O5S.C6H15N/c1-16(2)11(15(23)24)19-13(22)10(14(19)25-16)18-12(21)9(17)7-3-5-8(20)6-4-7;1-4-7(5-2)6-3/h3-6,9-11,14,20H,17H2,1-2H3,(H,18,21)(H,23,24);4-6H2,1-3H3/t9-,10-,11+,14-;/m1./s1. The fourth-order valence-electron chi connectivity index (χ4n) is 3.89. The molecular formula is C22H34N4O5S. The van der Waals surface area contributed by atoms with Gasteiger partial charge in [0.1, 0.15) is 29.2 Å². The third-order valence-corrected chi connectivity index (χ3v) is 7.42. The molecule has 32 heavy (non-hydrogen) atoms. The summed E-state index contributed by atoms with van der Waals surface area (Å²) >= 11 is 1.35. The van der Waals surface area contributed by atoms with Crippen molar-refractivity contribution < 1.29 is 24.6 Å². The number of hydrogen-bond donors (Lipinski definition) is 4. The Balaban J connectivity index is 0.000000451. The van der Waals surface area contributed by atoms with Crippen molar-refractivity contribution in [1.82, 2.24) is 15.1 Å². The largest absolute Gasteiger partial charge is 0.508 e. The number of amides is 2. The minimum atomic E-state index is -1.06. The van der Waals surface area contributed by atoms with Gasteiger partial charge in [0.25, 0.3) is 0 Å². The van der Waals surface area contributed by atoms with Gasteiger partial charge in [0.05, 0.1) is 0 Å². The molecule has 9 nitrogen and oxygen atoms in total. The van der Waals surface area contributed by atoms with Crippen LogP contribution >= 0.6 is 11.8 Å². The van der Waals surface area contributed by atoms with Crippen LogP contribution in [-0.4, -0.2) is 79.6 Å². The molecule has 4 atom stereocenters. The summed E-state index contributed by atoms with van der Waals surface area (Å²) in [5.74, 6) is -1.94. The highest BCUT2D eigenvalue weighted by Gasteiger charge is 2.64. The number of hydrogen-bond acceptors (Lipinski definition) is 7. The zero-order chi connectivity index (χ0) is 24.2. The number of carbonyl (C=O) groups is 3. The average molecular weight is 467 g/mol. The lowest BCUT2D eigenvalue weighted by molar-refractivity contribution is -0.161. The predicted octanol–water partition coefficient (Wildman–Crippen LogP) is 1.37. The van der Waals surface area contributed by atoms with Crippen molar-refractivity contribution in [3.63, 3.8) is 0 Å². The van der Waals surface area contributed by atoms with Gasteiger partial charge in [-0.05, 0) is 51.2 Å². The number of nitrogens with two attached hydrogens (primary N) is 1. The molecule has 178 valence electrons. The third kappa shape index (κ3) is 5.36. The van der Waals surface area contributed by atoms with Crippen LogP contribution in [0.25, 0.3) is 0 Å². The highest BCUT2D eigenvalue weighted by Crippen LogP contribution is 2.50. The first-order chi connectivity index (χ1) is 15.0. The summed E-state index contributed by atoms with van der Waals surface area (Å²) in [5.41, 5.74) is 6.41. The lowest BCUT2D eigenvalue weighted by Gasteiger charge is -2.43. The number of phenolic OH excluding ortho intramolecular Hbond substituents is 1. The maximum atomic E-state index is 12.3. The van der Waals surface area contributed by atoms with Crippen molar-refractivity contribution in [3.8, 4) is 5.75 Å². The third-order valence-electron chi connectivity index (χ3n) is 5.85. The summed E-state index contributed by atoms with van der Waals surface area (Å²) in [4.78, 5) is 39.8. The molecule has 5 N–H and O–H groups in total. The number of carboxylic acid groups (broad SMARTS) is 1. The number of aromatic hydroxyl groups is 1. The molecule has 2 aliphatic heterocycles.